The second kappa shape index (κ2) is 8.03. The first kappa shape index (κ1) is 19.3. The number of halogens is 2. The van der Waals surface area contributed by atoms with Crippen molar-refractivity contribution in [2.24, 2.45) is 0 Å². The van der Waals surface area contributed by atoms with Gasteiger partial charge in [-0.3, -0.25) is 14.0 Å². The lowest BCUT2D eigenvalue weighted by Gasteiger charge is -2.13. The van der Waals surface area contributed by atoms with Gasteiger partial charge in [-0.05, 0) is 36.8 Å². The van der Waals surface area contributed by atoms with Crippen LogP contribution in [0.5, 0.6) is 11.5 Å². The summed E-state index contributed by atoms with van der Waals surface area (Å²) in [6, 6.07) is 7.73. The van der Waals surface area contributed by atoms with E-state index in [-0.39, 0.29) is 23.4 Å². The van der Waals surface area contributed by atoms with E-state index in [1.165, 1.54) is 42.1 Å². The minimum absolute atomic E-state index is 0.0971. The highest BCUT2D eigenvalue weighted by molar-refractivity contribution is 5.93. The van der Waals surface area contributed by atoms with Crippen molar-refractivity contribution >= 4 is 11.6 Å². The quantitative estimate of drug-likeness (QED) is 0.701. The number of fused-ring (bicyclic) bond motifs is 1. The number of nitrogens with one attached hydrogen (secondary N) is 1. The zero-order valence-electron chi connectivity index (χ0n) is 15.1. The summed E-state index contributed by atoms with van der Waals surface area (Å²) in [6.07, 6.45) is 2.72. The van der Waals surface area contributed by atoms with Crippen LogP contribution in [0, 0.1) is 6.92 Å². The Morgan fingerprint density at radius 2 is 2.11 bits per heavy atom. The molecule has 0 spiro atoms. The van der Waals surface area contributed by atoms with Gasteiger partial charge in [-0.1, -0.05) is 6.07 Å². The number of carbonyl (C=O) groups is 1. The number of alkyl halides is 2. The summed E-state index contributed by atoms with van der Waals surface area (Å²) in [5, 5.41) is 2.53. The number of amides is 1. The first-order valence-electron chi connectivity index (χ1n) is 8.27. The van der Waals surface area contributed by atoms with Gasteiger partial charge in [0.05, 0.1) is 7.11 Å². The molecule has 0 atom stereocenters. The molecule has 0 radical (unpaired) electrons. The maximum Gasteiger partial charge on any atom is 0.387 e. The molecular weight excluding hydrogens is 372 g/mol. The van der Waals surface area contributed by atoms with Crippen LogP contribution in [-0.4, -0.2) is 29.0 Å². The molecule has 0 saturated heterocycles. The smallest absolute Gasteiger partial charge is 0.387 e. The molecule has 2 aromatic heterocycles. The van der Waals surface area contributed by atoms with Crippen LogP contribution in [0.4, 0.5) is 8.78 Å². The van der Waals surface area contributed by atoms with Crippen LogP contribution in [-0.2, 0) is 6.54 Å². The lowest BCUT2D eigenvalue weighted by molar-refractivity contribution is -0.0505. The van der Waals surface area contributed by atoms with Crippen molar-refractivity contribution in [2.75, 3.05) is 7.11 Å². The molecule has 1 amide bonds. The van der Waals surface area contributed by atoms with Crippen LogP contribution >= 0.6 is 0 Å². The SMILES string of the molecule is COc1ccc(OC(F)F)c(CNC(=O)c2cnc3c(C)cccn3c2=O)c1. The molecule has 28 heavy (non-hydrogen) atoms. The maximum atomic E-state index is 12.6. The molecule has 0 aliphatic carbocycles. The van der Waals surface area contributed by atoms with E-state index in [9.17, 15) is 18.4 Å². The van der Waals surface area contributed by atoms with Crippen LogP contribution in [0.1, 0.15) is 21.5 Å². The molecule has 0 aliphatic rings. The van der Waals surface area contributed by atoms with E-state index >= 15 is 0 Å². The van der Waals surface area contributed by atoms with Crippen molar-refractivity contribution in [3.05, 3.63) is 69.8 Å². The number of carbonyl (C=O) groups excluding carboxylic acids is 1. The molecule has 0 saturated carbocycles. The third-order valence-electron chi connectivity index (χ3n) is 4.10. The van der Waals surface area contributed by atoms with Gasteiger partial charge in [-0.2, -0.15) is 8.78 Å². The second-order valence-electron chi connectivity index (χ2n) is 5.90. The predicted octanol–water partition coefficient (Wildman–Crippen LogP) is 2.54. The van der Waals surface area contributed by atoms with Gasteiger partial charge in [0.2, 0.25) is 0 Å². The zero-order chi connectivity index (χ0) is 20.3. The molecule has 146 valence electrons. The van der Waals surface area contributed by atoms with Crippen molar-refractivity contribution < 1.29 is 23.0 Å². The van der Waals surface area contributed by atoms with E-state index < -0.39 is 18.1 Å². The number of rotatable bonds is 6. The van der Waals surface area contributed by atoms with Gasteiger partial charge in [-0.15, -0.1) is 0 Å². The standard InChI is InChI=1S/C19H17F2N3O4/c1-11-4-3-7-24-16(11)22-10-14(18(24)26)17(25)23-9-12-8-13(27-2)5-6-15(12)28-19(20)21/h3-8,10,19H,9H2,1-2H3,(H,23,25). The Morgan fingerprint density at radius 1 is 1.32 bits per heavy atom. The second-order valence-corrected chi connectivity index (χ2v) is 5.90. The van der Waals surface area contributed by atoms with Gasteiger partial charge in [0.15, 0.2) is 0 Å². The Bertz CT molecular complexity index is 1080. The highest BCUT2D eigenvalue weighted by atomic mass is 19.3. The van der Waals surface area contributed by atoms with E-state index in [2.05, 4.69) is 15.0 Å². The minimum Gasteiger partial charge on any atom is -0.497 e. The van der Waals surface area contributed by atoms with Gasteiger partial charge in [0, 0.05) is 24.5 Å². The van der Waals surface area contributed by atoms with Crippen molar-refractivity contribution in [3.63, 3.8) is 0 Å². The summed E-state index contributed by atoms with van der Waals surface area (Å²) in [6.45, 7) is -1.36. The third kappa shape index (κ3) is 3.93. The van der Waals surface area contributed by atoms with Crippen molar-refractivity contribution in [1.29, 1.82) is 0 Å². The third-order valence-corrected chi connectivity index (χ3v) is 4.10. The summed E-state index contributed by atoms with van der Waals surface area (Å²) in [5.74, 6) is -0.368. The first-order chi connectivity index (χ1) is 13.4. The van der Waals surface area contributed by atoms with Crippen LogP contribution < -0.4 is 20.3 Å². The molecule has 3 rings (SSSR count). The first-order valence-corrected chi connectivity index (χ1v) is 8.27. The highest BCUT2D eigenvalue weighted by Crippen LogP contribution is 2.25. The number of aryl methyl sites for hydroxylation is 1. The average Bonchev–Trinajstić information content (AvgIpc) is 2.67. The molecule has 7 nitrogen and oxygen atoms in total. The van der Waals surface area contributed by atoms with Gasteiger partial charge in [-0.25, -0.2) is 4.98 Å². The van der Waals surface area contributed by atoms with Gasteiger partial charge in [0.25, 0.3) is 11.5 Å². The van der Waals surface area contributed by atoms with Crippen molar-refractivity contribution in [1.82, 2.24) is 14.7 Å². The number of nitrogens with zero attached hydrogens (tertiary/aromatic N) is 2. The highest BCUT2D eigenvalue weighted by Gasteiger charge is 2.16. The van der Waals surface area contributed by atoms with E-state index in [1.54, 1.807) is 19.1 Å². The average molecular weight is 389 g/mol. The molecule has 0 fully saturated rings. The van der Waals surface area contributed by atoms with Crippen molar-refractivity contribution in [2.45, 2.75) is 20.1 Å². The number of benzene rings is 1. The fraction of sp³-hybridized carbons (Fsp3) is 0.211. The lowest BCUT2D eigenvalue weighted by Crippen LogP contribution is -2.31. The summed E-state index contributed by atoms with van der Waals surface area (Å²) in [4.78, 5) is 29.2. The number of methoxy groups -OCH3 is 1. The normalized spacial score (nSPS) is 10.9. The Balaban J connectivity index is 1.86. The molecule has 1 N–H and O–H groups in total. The van der Waals surface area contributed by atoms with Crippen molar-refractivity contribution in [3.8, 4) is 11.5 Å². The van der Waals surface area contributed by atoms with Crippen LogP contribution in [0.25, 0.3) is 5.65 Å². The molecule has 0 unspecified atom stereocenters. The van der Waals surface area contributed by atoms with Gasteiger partial charge >= 0.3 is 6.61 Å². The van der Waals surface area contributed by atoms with Gasteiger partial charge in [0.1, 0.15) is 22.7 Å². The number of hydrogen-bond acceptors (Lipinski definition) is 5. The van der Waals surface area contributed by atoms with Crippen LogP contribution in [0.3, 0.4) is 0 Å². The topological polar surface area (TPSA) is 81.9 Å². The maximum absolute atomic E-state index is 12.6. The van der Waals surface area contributed by atoms with E-state index in [0.29, 0.717) is 11.4 Å². The molecule has 1 aromatic carbocycles. The van der Waals surface area contributed by atoms with E-state index in [0.717, 1.165) is 5.56 Å². The predicted molar refractivity (Wildman–Crippen MR) is 97.0 cm³/mol. The number of pyridine rings is 1. The summed E-state index contributed by atoms with van der Waals surface area (Å²) >= 11 is 0. The molecule has 2 heterocycles. The Kier molecular flexibility index (Phi) is 5.53. The molecule has 0 aliphatic heterocycles. The van der Waals surface area contributed by atoms with E-state index in [4.69, 9.17) is 4.74 Å². The number of ether oxygens (including phenoxy) is 2. The van der Waals surface area contributed by atoms with E-state index in [1.807, 2.05) is 0 Å². The van der Waals surface area contributed by atoms with Crippen LogP contribution in [0.2, 0.25) is 0 Å². The summed E-state index contributed by atoms with van der Waals surface area (Å²) in [5.41, 5.74) is 0.821. The number of hydrogen-bond donors (Lipinski definition) is 1. The number of aromatic nitrogens is 2. The lowest BCUT2D eigenvalue weighted by atomic mass is 10.1. The Labute approximate surface area is 158 Å². The van der Waals surface area contributed by atoms with Gasteiger partial charge < -0.3 is 14.8 Å². The Hall–Kier alpha value is -3.49. The Morgan fingerprint density at radius 3 is 2.82 bits per heavy atom. The van der Waals surface area contributed by atoms with Crippen LogP contribution in [0.15, 0.2) is 47.5 Å². The molecule has 0 bridgehead atoms. The summed E-state index contributed by atoms with van der Waals surface area (Å²) in [7, 11) is 1.43. The molecular formula is C19H17F2N3O4. The largest absolute Gasteiger partial charge is 0.497 e. The summed E-state index contributed by atoms with van der Waals surface area (Å²) < 4.78 is 36.0. The minimum atomic E-state index is -3.01. The molecule has 3 aromatic rings. The fourth-order valence-corrected chi connectivity index (χ4v) is 2.71. The zero-order valence-corrected chi connectivity index (χ0v) is 15.1. The monoisotopic (exact) mass is 389 g/mol. The molecule has 9 heteroatoms. The fourth-order valence-electron chi connectivity index (χ4n) is 2.71.